The highest BCUT2D eigenvalue weighted by atomic mass is 16.5. The minimum absolute atomic E-state index is 0.0842. The van der Waals surface area contributed by atoms with Crippen molar-refractivity contribution >= 4 is 12.1 Å². The molecule has 0 fully saturated rings. The number of hydrazone groups is 1. The molecule has 1 heterocycles. The maximum atomic E-state index is 11.8. The highest BCUT2D eigenvalue weighted by Gasteiger charge is 2.15. The molecule has 5 nitrogen and oxygen atoms in total. The molecule has 0 aliphatic heterocycles. The SMILES string of the molecule is Cc1cc(C(C)(C)C)ccc1OCC(=O)N/N=C/c1ccccn1. The summed E-state index contributed by atoms with van der Waals surface area (Å²) in [7, 11) is 0. The topological polar surface area (TPSA) is 63.6 Å². The van der Waals surface area contributed by atoms with E-state index in [1.165, 1.54) is 11.8 Å². The number of nitrogens with zero attached hydrogens (tertiary/aromatic N) is 2. The molecule has 1 aromatic carbocycles. The zero-order valence-electron chi connectivity index (χ0n) is 14.5. The van der Waals surface area contributed by atoms with Crippen LogP contribution in [0, 0.1) is 6.92 Å². The molecule has 1 amide bonds. The van der Waals surface area contributed by atoms with Gasteiger partial charge in [0.1, 0.15) is 5.75 Å². The molecule has 0 spiro atoms. The van der Waals surface area contributed by atoms with E-state index < -0.39 is 0 Å². The van der Waals surface area contributed by atoms with Crippen LogP contribution in [0.15, 0.2) is 47.7 Å². The van der Waals surface area contributed by atoms with E-state index in [9.17, 15) is 4.79 Å². The van der Waals surface area contributed by atoms with Gasteiger partial charge in [-0.2, -0.15) is 5.10 Å². The number of carbonyl (C=O) groups excluding carboxylic acids is 1. The number of aromatic nitrogens is 1. The summed E-state index contributed by atoms with van der Waals surface area (Å²) in [6.07, 6.45) is 3.15. The molecule has 0 saturated carbocycles. The number of benzene rings is 1. The average molecular weight is 325 g/mol. The summed E-state index contributed by atoms with van der Waals surface area (Å²) in [4.78, 5) is 15.9. The number of nitrogens with one attached hydrogen (secondary N) is 1. The zero-order valence-corrected chi connectivity index (χ0v) is 14.5. The Kier molecular flexibility index (Phi) is 5.68. The predicted molar refractivity (Wildman–Crippen MR) is 95.3 cm³/mol. The predicted octanol–water partition coefficient (Wildman–Crippen LogP) is 3.22. The first-order chi connectivity index (χ1) is 11.4. The second-order valence-corrected chi connectivity index (χ2v) is 6.57. The highest BCUT2D eigenvalue weighted by molar-refractivity contribution is 5.81. The fourth-order valence-corrected chi connectivity index (χ4v) is 2.08. The Balaban J connectivity index is 1.87. The monoisotopic (exact) mass is 325 g/mol. The number of hydrogen-bond acceptors (Lipinski definition) is 4. The molecular formula is C19H23N3O2. The molecule has 0 bridgehead atoms. The largest absolute Gasteiger partial charge is 0.483 e. The van der Waals surface area contributed by atoms with Crippen LogP contribution in [-0.2, 0) is 10.2 Å². The Bertz CT molecular complexity index is 719. The van der Waals surface area contributed by atoms with Gasteiger partial charge in [0.05, 0.1) is 11.9 Å². The molecule has 126 valence electrons. The van der Waals surface area contributed by atoms with Gasteiger partial charge in [-0.25, -0.2) is 5.43 Å². The van der Waals surface area contributed by atoms with Gasteiger partial charge >= 0.3 is 0 Å². The Morgan fingerprint density at radius 3 is 2.71 bits per heavy atom. The molecule has 0 radical (unpaired) electrons. The molecule has 5 heteroatoms. The number of pyridine rings is 1. The van der Waals surface area contributed by atoms with Gasteiger partial charge in [0.15, 0.2) is 6.61 Å². The van der Waals surface area contributed by atoms with E-state index in [0.29, 0.717) is 11.4 Å². The van der Waals surface area contributed by atoms with Gasteiger partial charge in [0.2, 0.25) is 0 Å². The van der Waals surface area contributed by atoms with Crippen molar-refractivity contribution in [3.63, 3.8) is 0 Å². The summed E-state index contributed by atoms with van der Waals surface area (Å²) < 4.78 is 5.57. The van der Waals surface area contributed by atoms with Gasteiger partial charge in [-0.3, -0.25) is 9.78 Å². The lowest BCUT2D eigenvalue weighted by Gasteiger charge is -2.20. The van der Waals surface area contributed by atoms with Crippen LogP contribution in [0.1, 0.15) is 37.6 Å². The van der Waals surface area contributed by atoms with Crippen LogP contribution in [0.25, 0.3) is 0 Å². The van der Waals surface area contributed by atoms with Crippen molar-refractivity contribution in [2.45, 2.75) is 33.1 Å². The van der Waals surface area contributed by atoms with Crippen molar-refractivity contribution in [1.29, 1.82) is 0 Å². The normalized spacial score (nSPS) is 11.5. The molecule has 0 unspecified atom stereocenters. The van der Waals surface area contributed by atoms with Crippen molar-refractivity contribution in [2.75, 3.05) is 6.61 Å². The Hall–Kier alpha value is -2.69. The van der Waals surface area contributed by atoms with Crippen LogP contribution < -0.4 is 10.2 Å². The molecule has 24 heavy (non-hydrogen) atoms. The number of aryl methyl sites for hydroxylation is 1. The quantitative estimate of drug-likeness (QED) is 0.678. The number of hydrogen-bond donors (Lipinski definition) is 1. The summed E-state index contributed by atoms with van der Waals surface area (Å²) in [5.74, 6) is 0.383. The minimum Gasteiger partial charge on any atom is -0.483 e. The first-order valence-electron chi connectivity index (χ1n) is 7.83. The van der Waals surface area contributed by atoms with Gasteiger partial charge in [-0.05, 0) is 41.7 Å². The highest BCUT2D eigenvalue weighted by Crippen LogP contribution is 2.27. The van der Waals surface area contributed by atoms with Crippen LogP contribution in [0.3, 0.4) is 0 Å². The van der Waals surface area contributed by atoms with Gasteiger partial charge in [-0.15, -0.1) is 0 Å². The molecule has 2 rings (SSSR count). The van der Waals surface area contributed by atoms with Gasteiger partial charge < -0.3 is 4.74 Å². The first kappa shape index (κ1) is 17.7. The summed E-state index contributed by atoms with van der Waals surface area (Å²) >= 11 is 0. The standard InChI is InChI=1S/C19H23N3O2/c1-14-11-15(19(2,3)4)8-9-17(14)24-13-18(23)22-21-12-16-7-5-6-10-20-16/h5-12H,13H2,1-4H3,(H,22,23)/b21-12+. The van der Waals surface area contributed by atoms with E-state index in [4.69, 9.17) is 4.74 Å². The maximum absolute atomic E-state index is 11.8. The fraction of sp³-hybridized carbons (Fsp3) is 0.316. The van der Waals surface area contributed by atoms with Crippen LogP contribution in [0.2, 0.25) is 0 Å². The molecule has 0 aliphatic carbocycles. The van der Waals surface area contributed by atoms with Crippen molar-refractivity contribution < 1.29 is 9.53 Å². The third-order valence-corrected chi connectivity index (χ3v) is 3.47. The zero-order chi connectivity index (χ0) is 17.6. The van der Waals surface area contributed by atoms with E-state index in [0.717, 1.165) is 5.56 Å². The Morgan fingerprint density at radius 2 is 2.08 bits per heavy atom. The molecule has 0 saturated heterocycles. The summed E-state index contributed by atoms with van der Waals surface area (Å²) in [5.41, 5.74) is 5.42. The van der Waals surface area contributed by atoms with Crippen molar-refractivity contribution in [1.82, 2.24) is 10.4 Å². The number of ether oxygens (including phenoxy) is 1. The molecule has 1 aromatic heterocycles. The van der Waals surface area contributed by atoms with Crippen molar-refractivity contribution in [3.8, 4) is 5.75 Å². The molecule has 0 atom stereocenters. The molecule has 2 aromatic rings. The average Bonchev–Trinajstić information content (AvgIpc) is 2.54. The van der Waals surface area contributed by atoms with Crippen LogP contribution in [0.5, 0.6) is 5.75 Å². The fourth-order valence-electron chi connectivity index (χ4n) is 2.08. The van der Waals surface area contributed by atoms with Crippen LogP contribution in [0.4, 0.5) is 0 Å². The van der Waals surface area contributed by atoms with Gasteiger partial charge in [-0.1, -0.05) is 39.0 Å². The summed E-state index contributed by atoms with van der Waals surface area (Å²) in [6.45, 7) is 8.37. The van der Waals surface area contributed by atoms with E-state index >= 15 is 0 Å². The van der Waals surface area contributed by atoms with Gasteiger partial charge in [0.25, 0.3) is 5.91 Å². The Morgan fingerprint density at radius 1 is 1.29 bits per heavy atom. The van der Waals surface area contributed by atoms with E-state index in [2.05, 4.69) is 42.3 Å². The second kappa shape index (κ2) is 7.73. The van der Waals surface area contributed by atoms with Crippen LogP contribution >= 0.6 is 0 Å². The van der Waals surface area contributed by atoms with Crippen LogP contribution in [-0.4, -0.2) is 23.7 Å². The minimum atomic E-state index is -0.318. The van der Waals surface area contributed by atoms with Crippen molar-refractivity contribution in [3.05, 3.63) is 59.4 Å². The van der Waals surface area contributed by atoms with Crippen molar-refractivity contribution in [2.24, 2.45) is 5.10 Å². The summed E-state index contributed by atoms with van der Waals surface area (Å²) in [6, 6.07) is 11.5. The molecule has 0 aliphatic rings. The lowest BCUT2D eigenvalue weighted by atomic mass is 9.86. The maximum Gasteiger partial charge on any atom is 0.277 e. The number of amides is 1. The third kappa shape index (κ3) is 5.19. The van der Waals surface area contributed by atoms with Gasteiger partial charge in [0, 0.05) is 6.20 Å². The number of rotatable bonds is 5. The Labute approximate surface area is 142 Å². The lowest BCUT2D eigenvalue weighted by molar-refractivity contribution is -0.123. The first-order valence-corrected chi connectivity index (χ1v) is 7.83. The smallest absolute Gasteiger partial charge is 0.277 e. The molecular weight excluding hydrogens is 302 g/mol. The second-order valence-electron chi connectivity index (χ2n) is 6.57. The van der Waals surface area contributed by atoms with E-state index in [1.807, 2.05) is 31.2 Å². The third-order valence-electron chi connectivity index (χ3n) is 3.47. The number of carbonyl (C=O) groups is 1. The van der Waals surface area contributed by atoms with E-state index in [-0.39, 0.29) is 17.9 Å². The lowest BCUT2D eigenvalue weighted by Crippen LogP contribution is -2.24. The summed E-state index contributed by atoms with van der Waals surface area (Å²) in [5, 5.41) is 3.86. The van der Waals surface area contributed by atoms with E-state index in [1.54, 1.807) is 12.3 Å². The molecule has 1 N–H and O–H groups in total.